The van der Waals surface area contributed by atoms with Gasteiger partial charge in [0.1, 0.15) is 19.0 Å². The van der Waals surface area contributed by atoms with Gasteiger partial charge in [-0.15, -0.1) is 0 Å². The monoisotopic (exact) mass is 479 g/mol. The summed E-state index contributed by atoms with van der Waals surface area (Å²) in [6.45, 7) is 0.0768. The Bertz CT molecular complexity index is 1150. The highest BCUT2D eigenvalue weighted by atomic mass is 19.1. The van der Waals surface area contributed by atoms with Gasteiger partial charge in [-0.1, -0.05) is 48.5 Å². The molecule has 35 heavy (non-hydrogen) atoms. The quantitative estimate of drug-likeness (QED) is 0.296. The number of nitrogens with one attached hydrogen (secondary N) is 1. The molecule has 3 aromatic rings. The average molecular weight is 480 g/mol. The Balaban J connectivity index is 0.00000210. The smallest absolute Gasteiger partial charge is 0.326 e. The summed E-state index contributed by atoms with van der Waals surface area (Å²) in [6.07, 6.45) is -0.147. The van der Waals surface area contributed by atoms with Crippen molar-refractivity contribution in [2.75, 3.05) is 13.7 Å². The number of carbonyl (C=O) groups is 1. The summed E-state index contributed by atoms with van der Waals surface area (Å²) in [5.74, 6) is 3.50. The number of aliphatic hydroxyl groups excluding tert-OH is 1. The van der Waals surface area contributed by atoms with Gasteiger partial charge in [0.15, 0.2) is 11.6 Å². The fraction of sp³-hybridized carbons (Fsp3) is 0.192. The molecule has 3 aromatic carbocycles. The number of carbonyl (C=O) groups excluding carboxylic acids is 1. The largest absolute Gasteiger partial charge is 0.489 e. The number of ether oxygens (including phenoxy) is 2. The van der Waals surface area contributed by atoms with Crippen LogP contribution in [0.25, 0.3) is 0 Å². The summed E-state index contributed by atoms with van der Waals surface area (Å²) < 4.78 is 25.5. The van der Waals surface area contributed by atoms with Crippen molar-refractivity contribution in [3.63, 3.8) is 0 Å². The standard InChI is InChI=1S/C25H22FN3O4.CH4O/c26-22-12-17(6-11-24(22)32-16-23(28)19-4-2-1-3-5-19)15-31-21-9-7-18(8-10-21)20(14-27)13-25(30)33-29;1-2/h1-12,20,28H,13,15-16,29H2;2H,1H3. The molecule has 0 bridgehead atoms. The van der Waals surface area contributed by atoms with Gasteiger partial charge in [0.25, 0.3) is 0 Å². The summed E-state index contributed by atoms with van der Waals surface area (Å²) in [7, 11) is 1.00. The van der Waals surface area contributed by atoms with Crippen molar-refractivity contribution < 1.29 is 28.6 Å². The maximum absolute atomic E-state index is 14.4. The van der Waals surface area contributed by atoms with Gasteiger partial charge in [-0.2, -0.15) is 11.2 Å². The highest BCUT2D eigenvalue weighted by Crippen LogP contribution is 2.24. The van der Waals surface area contributed by atoms with E-state index in [0.717, 1.165) is 7.11 Å². The minimum atomic E-state index is -0.680. The van der Waals surface area contributed by atoms with Crippen LogP contribution in [0.1, 0.15) is 29.0 Å². The van der Waals surface area contributed by atoms with E-state index < -0.39 is 17.7 Å². The van der Waals surface area contributed by atoms with Crippen LogP contribution in [0, 0.1) is 22.6 Å². The van der Waals surface area contributed by atoms with Crippen molar-refractivity contribution in [3.8, 4) is 17.6 Å². The zero-order valence-corrected chi connectivity index (χ0v) is 19.1. The molecular formula is C26H26FN3O5. The van der Waals surface area contributed by atoms with E-state index in [0.29, 0.717) is 22.4 Å². The normalized spacial score (nSPS) is 10.7. The lowest BCUT2D eigenvalue weighted by Gasteiger charge is -2.12. The molecule has 1 atom stereocenters. The maximum Gasteiger partial charge on any atom is 0.326 e. The number of nitrogens with zero attached hydrogens (tertiary/aromatic N) is 1. The summed E-state index contributed by atoms with van der Waals surface area (Å²) >= 11 is 0. The number of halogens is 1. The van der Waals surface area contributed by atoms with Crippen LogP contribution in [-0.4, -0.2) is 30.5 Å². The molecule has 0 fully saturated rings. The van der Waals surface area contributed by atoms with Crippen LogP contribution in [0.5, 0.6) is 11.5 Å². The summed E-state index contributed by atoms with van der Waals surface area (Å²) in [4.78, 5) is 15.4. The van der Waals surface area contributed by atoms with E-state index in [2.05, 4.69) is 4.84 Å². The molecule has 0 aliphatic heterocycles. The number of aliphatic hydroxyl groups is 1. The number of hydrogen-bond acceptors (Lipinski definition) is 8. The molecule has 0 saturated heterocycles. The van der Waals surface area contributed by atoms with Gasteiger partial charge < -0.3 is 24.8 Å². The topological polar surface area (TPSA) is 139 Å². The van der Waals surface area contributed by atoms with E-state index >= 15 is 0 Å². The summed E-state index contributed by atoms with van der Waals surface area (Å²) in [5, 5.41) is 24.3. The van der Waals surface area contributed by atoms with Crippen LogP contribution < -0.4 is 15.4 Å². The van der Waals surface area contributed by atoms with Crippen molar-refractivity contribution in [2.45, 2.75) is 18.9 Å². The lowest BCUT2D eigenvalue weighted by Crippen LogP contribution is -2.13. The number of nitriles is 1. The van der Waals surface area contributed by atoms with Crippen molar-refractivity contribution in [3.05, 3.63) is 95.3 Å². The van der Waals surface area contributed by atoms with Crippen LogP contribution in [0.15, 0.2) is 72.8 Å². The summed E-state index contributed by atoms with van der Waals surface area (Å²) in [6, 6.07) is 22.3. The lowest BCUT2D eigenvalue weighted by molar-refractivity contribution is -0.144. The molecule has 0 amide bonds. The Hall–Kier alpha value is -4.26. The third-order valence-electron chi connectivity index (χ3n) is 4.84. The molecule has 0 aliphatic rings. The minimum absolute atomic E-state index is 0.0458. The van der Waals surface area contributed by atoms with E-state index in [4.69, 9.17) is 25.9 Å². The molecule has 8 nitrogen and oxygen atoms in total. The van der Waals surface area contributed by atoms with E-state index in [1.807, 2.05) is 24.3 Å². The number of rotatable bonds is 10. The minimum Gasteiger partial charge on any atom is -0.489 e. The first-order valence-corrected chi connectivity index (χ1v) is 10.5. The van der Waals surface area contributed by atoms with Crippen molar-refractivity contribution in [1.29, 1.82) is 10.7 Å². The second-order valence-corrected chi connectivity index (χ2v) is 7.13. The molecule has 3 rings (SSSR count). The molecule has 0 aromatic heterocycles. The molecule has 0 radical (unpaired) electrons. The van der Waals surface area contributed by atoms with Crippen LogP contribution in [0.2, 0.25) is 0 Å². The summed E-state index contributed by atoms with van der Waals surface area (Å²) in [5.41, 5.74) is 2.20. The van der Waals surface area contributed by atoms with Crippen LogP contribution in [-0.2, 0) is 16.2 Å². The fourth-order valence-electron chi connectivity index (χ4n) is 3.04. The zero-order chi connectivity index (χ0) is 25.6. The molecule has 0 heterocycles. The van der Waals surface area contributed by atoms with Gasteiger partial charge in [0, 0.05) is 7.11 Å². The van der Waals surface area contributed by atoms with Crippen molar-refractivity contribution in [2.24, 2.45) is 5.90 Å². The van der Waals surface area contributed by atoms with E-state index in [-0.39, 0.29) is 31.1 Å². The van der Waals surface area contributed by atoms with Crippen molar-refractivity contribution in [1.82, 2.24) is 0 Å². The first kappa shape index (κ1) is 27.0. The second kappa shape index (κ2) is 14.1. The molecule has 9 heteroatoms. The third-order valence-corrected chi connectivity index (χ3v) is 4.84. The molecular weight excluding hydrogens is 453 g/mol. The number of hydrogen-bond donors (Lipinski definition) is 3. The molecule has 4 N–H and O–H groups in total. The van der Waals surface area contributed by atoms with Gasteiger partial charge >= 0.3 is 5.97 Å². The highest BCUT2D eigenvalue weighted by molar-refractivity contribution is 5.99. The lowest BCUT2D eigenvalue weighted by atomic mass is 9.97. The van der Waals surface area contributed by atoms with Gasteiger partial charge in [-0.05, 0) is 41.0 Å². The molecule has 0 aliphatic carbocycles. The van der Waals surface area contributed by atoms with Crippen LogP contribution in [0.4, 0.5) is 4.39 Å². The van der Waals surface area contributed by atoms with Crippen LogP contribution in [0.3, 0.4) is 0 Å². The highest BCUT2D eigenvalue weighted by Gasteiger charge is 2.16. The molecule has 0 spiro atoms. The first-order valence-electron chi connectivity index (χ1n) is 10.5. The van der Waals surface area contributed by atoms with Gasteiger partial charge in [-0.25, -0.2) is 4.39 Å². The Morgan fingerprint density at radius 2 is 1.77 bits per heavy atom. The number of nitrogens with two attached hydrogens (primary N) is 1. The first-order chi connectivity index (χ1) is 17.0. The predicted molar refractivity (Wildman–Crippen MR) is 127 cm³/mol. The fourth-order valence-corrected chi connectivity index (χ4v) is 3.04. The van der Waals surface area contributed by atoms with Gasteiger partial charge in [0.2, 0.25) is 0 Å². The molecule has 0 saturated carbocycles. The third kappa shape index (κ3) is 8.23. The van der Waals surface area contributed by atoms with E-state index in [9.17, 15) is 14.4 Å². The average Bonchev–Trinajstić information content (AvgIpc) is 2.91. The van der Waals surface area contributed by atoms with E-state index in [1.54, 1.807) is 42.5 Å². The maximum atomic E-state index is 14.4. The second-order valence-electron chi connectivity index (χ2n) is 7.13. The Morgan fingerprint density at radius 3 is 2.37 bits per heavy atom. The predicted octanol–water partition coefficient (Wildman–Crippen LogP) is 3.87. The van der Waals surface area contributed by atoms with Gasteiger partial charge in [-0.3, -0.25) is 4.79 Å². The molecule has 182 valence electrons. The Morgan fingerprint density at radius 1 is 1.09 bits per heavy atom. The van der Waals surface area contributed by atoms with Crippen LogP contribution >= 0.6 is 0 Å². The Labute approximate surface area is 202 Å². The zero-order valence-electron chi connectivity index (χ0n) is 19.1. The van der Waals surface area contributed by atoms with Gasteiger partial charge in [0.05, 0.1) is 24.1 Å². The number of benzene rings is 3. The van der Waals surface area contributed by atoms with E-state index in [1.165, 1.54) is 12.1 Å². The SMILES string of the molecule is CO.N#CC(CC(=O)ON)c1ccc(OCc2ccc(OCC(=N)c3ccccc3)c(F)c2)cc1. The Kier molecular flexibility index (Phi) is 10.9. The molecule has 1 unspecified atom stereocenters. The van der Waals surface area contributed by atoms with Crippen molar-refractivity contribution >= 4 is 11.7 Å².